The molecule has 1 heterocycles. The van der Waals surface area contributed by atoms with Crippen molar-refractivity contribution >= 4 is 46.4 Å². The summed E-state index contributed by atoms with van der Waals surface area (Å²) < 4.78 is 25.4. The third-order valence-corrected chi connectivity index (χ3v) is 4.74. The first-order valence-corrected chi connectivity index (χ1v) is 6.77. The van der Waals surface area contributed by atoms with Crippen LogP contribution in [-0.4, -0.2) is 10.5 Å². The minimum absolute atomic E-state index is 0.0138. The SMILES string of the molecule is FC1(Cl)C2=C(Oc3ccccc3O2)C(Cl)=C(Cl)C1Cl. The number of halogens is 5. The molecule has 2 unspecified atom stereocenters. The van der Waals surface area contributed by atoms with Crippen molar-refractivity contribution in [1.82, 2.24) is 0 Å². The van der Waals surface area contributed by atoms with E-state index in [4.69, 9.17) is 55.9 Å². The zero-order valence-electron chi connectivity index (χ0n) is 9.09. The van der Waals surface area contributed by atoms with Gasteiger partial charge >= 0.3 is 0 Å². The summed E-state index contributed by atoms with van der Waals surface area (Å²) >= 11 is 23.5. The van der Waals surface area contributed by atoms with E-state index in [2.05, 4.69) is 0 Å². The molecule has 2 aliphatic rings. The van der Waals surface area contributed by atoms with Crippen LogP contribution in [0.3, 0.4) is 0 Å². The number of benzene rings is 1. The normalized spacial score (nSPS) is 29.4. The van der Waals surface area contributed by atoms with Gasteiger partial charge in [0, 0.05) is 0 Å². The Labute approximate surface area is 128 Å². The number of hydrogen-bond donors (Lipinski definition) is 0. The fourth-order valence-electron chi connectivity index (χ4n) is 1.79. The Balaban J connectivity index is 2.17. The van der Waals surface area contributed by atoms with Gasteiger partial charge in [-0.05, 0) is 12.1 Å². The number of allylic oxidation sites excluding steroid dienone is 3. The van der Waals surface area contributed by atoms with Crippen molar-refractivity contribution in [2.75, 3.05) is 0 Å². The molecule has 7 heteroatoms. The summed E-state index contributed by atoms with van der Waals surface area (Å²) in [6, 6.07) is 6.72. The number of alkyl halides is 3. The highest BCUT2D eigenvalue weighted by atomic mass is 35.5. The second-order valence-corrected chi connectivity index (χ2v) is 5.73. The Bertz CT molecular complexity index is 624. The molecule has 1 aliphatic heterocycles. The summed E-state index contributed by atoms with van der Waals surface area (Å²) in [6.07, 6.45) is 0. The predicted molar refractivity (Wildman–Crippen MR) is 72.8 cm³/mol. The predicted octanol–water partition coefficient (Wildman–Crippen LogP) is 4.88. The molecule has 0 amide bonds. The Hall–Kier alpha value is -0.610. The van der Waals surface area contributed by atoms with E-state index >= 15 is 0 Å². The second kappa shape index (κ2) is 4.45. The summed E-state index contributed by atoms with van der Waals surface area (Å²) in [5.41, 5.74) is 0. The summed E-state index contributed by atoms with van der Waals surface area (Å²) in [7, 11) is 0. The zero-order valence-corrected chi connectivity index (χ0v) is 12.1. The molecule has 0 saturated carbocycles. The monoisotopic (exact) mass is 340 g/mol. The van der Waals surface area contributed by atoms with E-state index in [0.717, 1.165) is 0 Å². The van der Waals surface area contributed by atoms with Crippen LogP contribution < -0.4 is 9.47 Å². The van der Waals surface area contributed by atoms with Crippen LogP contribution in [0, 0.1) is 0 Å². The molecule has 1 aliphatic carbocycles. The Kier molecular flexibility index (Phi) is 3.13. The van der Waals surface area contributed by atoms with Crippen molar-refractivity contribution in [2.45, 2.75) is 10.5 Å². The largest absolute Gasteiger partial charge is 0.449 e. The highest BCUT2D eigenvalue weighted by molar-refractivity contribution is 6.47. The standard InChI is InChI=1S/C12H5Cl4FO2/c13-7-8(14)10(15)12(16,17)11-9(7)18-5-3-1-2-4-6(5)19-11/h1-4,10H. The van der Waals surface area contributed by atoms with Crippen LogP contribution in [-0.2, 0) is 0 Å². The summed E-state index contributed by atoms with van der Waals surface area (Å²) in [5, 5.41) is -4.02. The first-order chi connectivity index (χ1) is 8.93. The van der Waals surface area contributed by atoms with E-state index in [9.17, 15) is 4.39 Å². The molecule has 0 fully saturated rings. The van der Waals surface area contributed by atoms with Gasteiger partial charge in [0.2, 0.25) is 5.76 Å². The topological polar surface area (TPSA) is 18.5 Å². The van der Waals surface area contributed by atoms with Crippen molar-refractivity contribution in [2.24, 2.45) is 0 Å². The van der Waals surface area contributed by atoms with E-state index < -0.39 is 10.5 Å². The van der Waals surface area contributed by atoms with Gasteiger partial charge in [0.25, 0.3) is 5.13 Å². The van der Waals surface area contributed by atoms with Crippen molar-refractivity contribution in [3.05, 3.63) is 45.8 Å². The number of rotatable bonds is 0. The first-order valence-electron chi connectivity index (χ1n) is 5.20. The fourth-order valence-corrected chi connectivity index (χ4v) is 2.81. The molecule has 1 aromatic carbocycles. The average molecular weight is 342 g/mol. The number of para-hydroxylation sites is 2. The molecule has 1 aromatic rings. The smallest absolute Gasteiger partial charge is 0.265 e. The van der Waals surface area contributed by atoms with Gasteiger partial charge in [-0.15, -0.1) is 11.6 Å². The zero-order chi connectivity index (χ0) is 13.8. The minimum atomic E-state index is -2.53. The lowest BCUT2D eigenvalue weighted by molar-refractivity contribution is 0.192. The highest BCUT2D eigenvalue weighted by Gasteiger charge is 2.52. The Morgan fingerprint density at radius 3 is 2.32 bits per heavy atom. The van der Waals surface area contributed by atoms with Crippen LogP contribution >= 0.6 is 46.4 Å². The van der Waals surface area contributed by atoms with Gasteiger partial charge in [0.05, 0.1) is 5.03 Å². The fraction of sp³-hybridized carbons (Fsp3) is 0.167. The van der Waals surface area contributed by atoms with Crippen LogP contribution in [0.5, 0.6) is 11.5 Å². The van der Waals surface area contributed by atoms with Crippen LogP contribution in [0.15, 0.2) is 45.8 Å². The van der Waals surface area contributed by atoms with Crippen LogP contribution in [0.2, 0.25) is 0 Å². The summed E-state index contributed by atoms with van der Waals surface area (Å²) in [6.45, 7) is 0. The van der Waals surface area contributed by atoms with Gasteiger partial charge < -0.3 is 9.47 Å². The molecule has 3 rings (SSSR count). The van der Waals surface area contributed by atoms with E-state index in [1.807, 2.05) is 0 Å². The van der Waals surface area contributed by atoms with E-state index in [1.54, 1.807) is 24.3 Å². The summed E-state index contributed by atoms with van der Waals surface area (Å²) in [4.78, 5) is 0. The molecular formula is C12H5Cl4FO2. The Morgan fingerprint density at radius 2 is 1.68 bits per heavy atom. The molecule has 0 radical (unpaired) electrons. The van der Waals surface area contributed by atoms with Crippen LogP contribution in [0.25, 0.3) is 0 Å². The van der Waals surface area contributed by atoms with Gasteiger partial charge in [-0.3, -0.25) is 0 Å². The Morgan fingerprint density at radius 1 is 1.11 bits per heavy atom. The second-order valence-electron chi connectivity index (χ2n) is 3.96. The van der Waals surface area contributed by atoms with Crippen LogP contribution in [0.1, 0.15) is 0 Å². The maximum absolute atomic E-state index is 14.5. The number of ether oxygens (including phenoxy) is 2. The third-order valence-electron chi connectivity index (χ3n) is 2.73. The van der Waals surface area contributed by atoms with Crippen LogP contribution in [0.4, 0.5) is 4.39 Å². The van der Waals surface area contributed by atoms with Gasteiger partial charge in [0.1, 0.15) is 10.4 Å². The van der Waals surface area contributed by atoms with Gasteiger partial charge in [-0.2, -0.15) is 0 Å². The van der Waals surface area contributed by atoms with Gasteiger partial charge in [-0.1, -0.05) is 46.9 Å². The molecule has 0 bridgehead atoms. The quantitative estimate of drug-likeness (QED) is 0.626. The van der Waals surface area contributed by atoms with Crippen molar-refractivity contribution < 1.29 is 13.9 Å². The molecule has 0 aromatic heterocycles. The lowest BCUT2D eigenvalue weighted by Crippen LogP contribution is -2.39. The molecule has 19 heavy (non-hydrogen) atoms. The van der Waals surface area contributed by atoms with E-state index in [0.29, 0.717) is 11.5 Å². The minimum Gasteiger partial charge on any atom is -0.449 e. The lowest BCUT2D eigenvalue weighted by atomic mass is 10.1. The molecule has 0 spiro atoms. The average Bonchev–Trinajstić information content (AvgIpc) is 2.42. The third kappa shape index (κ3) is 1.91. The molecule has 2 nitrogen and oxygen atoms in total. The molecular weight excluding hydrogens is 337 g/mol. The molecule has 0 saturated heterocycles. The maximum Gasteiger partial charge on any atom is 0.265 e. The highest BCUT2D eigenvalue weighted by Crippen LogP contribution is 2.52. The summed E-state index contributed by atoms with van der Waals surface area (Å²) in [5.74, 6) is 0.377. The van der Waals surface area contributed by atoms with Gasteiger partial charge in [0.15, 0.2) is 17.3 Å². The van der Waals surface area contributed by atoms with Crippen molar-refractivity contribution in [3.63, 3.8) is 0 Å². The molecule has 0 N–H and O–H groups in total. The van der Waals surface area contributed by atoms with Crippen molar-refractivity contribution in [3.8, 4) is 11.5 Å². The molecule has 2 atom stereocenters. The first kappa shape index (κ1) is 13.4. The maximum atomic E-state index is 14.5. The lowest BCUT2D eigenvalue weighted by Gasteiger charge is -2.34. The van der Waals surface area contributed by atoms with E-state index in [-0.39, 0.29) is 21.6 Å². The number of hydrogen-bond acceptors (Lipinski definition) is 2. The van der Waals surface area contributed by atoms with Crippen molar-refractivity contribution in [1.29, 1.82) is 0 Å². The van der Waals surface area contributed by atoms with E-state index in [1.165, 1.54) is 0 Å². The molecule has 100 valence electrons. The van der Waals surface area contributed by atoms with Gasteiger partial charge in [-0.25, -0.2) is 4.39 Å². The number of fused-ring (bicyclic) bond motifs is 1.